The van der Waals surface area contributed by atoms with Crippen LogP contribution in [-0.4, -0.2) is 13.4 Å². The molecule has 0 bridgehead atoms. The van der Waals surface area contributed by atoms with Crippen LogP contribution in [0.4, 0.5) is 10.3 Å². The first-order valence-corrected chi connectivity index (χ1v) is 11.0. The maximum Gasteiger partial charge on any atom is 0.264 e. The molecule has 0 saturated heterocycles. The van der Waals surface area contributed by atoms with Gasteiger partial charge in [0.1, 0.15) is 17.3 Å². The van der Waals surface area contributed by atoms with Crippen LogP contribution in [0, 0.1) is 5.82 Å². The summed E-state index contributed by atoms with van der Waals surface area (Å²) in [6.45, 7) is -0.0679. The minimum absolute atomic E-state index is 0.0631. The zero-order valence-corrected chi connectivity index (χ0v) is 17.5. The van der Waals surface area contributed by atoms with E-state index in [4.69, 9.17) is 20.8 Å². The van der Waals surface area contributed by atoms with E-state index in [-0.39, 0.29) is 29.0 Å². The van der Waals surface area contributed by atoms with Crippen molar-refractivity contribution in [2.75, 3.05) is 4.72 Å². The maximum atomic E-state index is 13.4. The van der Waals surface area contributed by atoms with E-state index in [2.05, 4.69) is 9.71 Å². The summed E-state index contributed by atoms with van der Waals surface area (Å²) in [5.74, 6) is 0.105. The highest BCUT2D eigenvalue weighted by molar-refractivity contribution is 7.92. The van der Waals surface area contributed by atoms with Crippen LogP contribution in [0.5, 0.6) is 5.75 Å². The molecule has 6 nitrogen and oxygen atoms in total. The predicted molar refractivity (Wildman–Crippen MR) is 115 cm³/mol. The molecule has 0 saturated carbocycles. The van der Waals surface area contributed by atoms with Gasteiger partial charge in [0.2, 0.25) is 11.8 Å². The monoisotopic (exact) mass is 458 g/mol. The molecule has 3 aromatic carbocycles. The van der Waals surface area contributed by atoms with Crippen LogP contribution >= 0.6 is 11.6 Å². The van der Waals surface area contributed by atoms with E-state index in [1.807, 2.05) is 0 Å². The van der Waals surface area contributed by atoms with E-state index in [1.54, 1.807) is 42.5 Å². The molecule has 0 spiro atoms. The third kappa shape index (κ3) is 5.04. The lowest BCUT2D eigenvalue weighted by atomic mass is 10.1. The van der Waals surface area contributed by atoms with Gasteiger partial charge in [-0.2, -0.15) is 0 Å². The van der Waals surface area contributed by atoms with Gasteiger partial charge in [0.25, 0.3) is 10.0 Å². The molecule has 4 rings (SSSR count). The van der Waals surface area contributed by atoms with Gasteiger partial charge >= 0.3 is 0 Å². The standard InChI is InChI=1S/C22H16ClFN2O4S/c23-16-5-4-6-18(13-16)29-14-20-25-21(15-9-11-17(24)12-10-15)22(30-20)26-31(27,28)19-7-2-1-3-8-19/h1-13,26H,14H2. The molecule has 0 unspecified atom stereocenters. The normalized spacial score (nSPS) is 11.3. The third-order valence-corrected chi connectivity index (χ3v) is 5.81. The summed E-state index contributed by atoms with van der Waals surface area (Å²) in [5, 5.41) is 0.508. The van der Waals surface area contributed by atoms with Gasteiger partial charge in [-0.05, 0) is 54.6 Å². The zero-order chi connectivity index (χ0) is 21.8. The lowest BCUT2D eigenvalue weighted by Crippen LogP contribution is -2.12. The number of oxazole rings is 1. The Labute approximate surface area is 183 Å². The van der Waals surface area contributed by atoms with Crippen molar-refractivity contribution >= 4 is 27.5 Å². The van der Waals surface area contributed by atoms with Gasteiger partial charge in [0.15, 0.2) is 6.61 Å². The molecule has 1 aromatic heterocycles. The van der Waals surface area contributed by atoms with Crippen molar-refractivity contribution in [1.82, 2.24) is 4.98 Å². The van der Waals surface area contributed by atoms with E-state index in [0.717, 1.165) is 0 Å². The lowest BCUT2D eigenvalue weighted by molar-refractivity contribution is 0.265. The number of anilines is 1. The summed E-state index contributed by atoms with van der Waals surface area (Å²) in [7, 11) is -3.93. The van der Waals surface area contributed by atoms with Crippen LogP contribution in [0.2, 0.25) is 5.02 Å². The molecule has 1 heterocycles. The number of sulfonamides is 1. The van der Waals surface area contributed by atoms with E-state index < -0.39 is 15.8 Å². The molecule has 0 aliphatic rings. The topological polar surface area (TPSA) is 81.4 Å². The van der Waals surface area contributed by atoms with Crippen molar-refractivity contribution in [2.24, 2.45) is 0 Å². The quantitative estimate of drug-likeness (QED) is 0.394. The molecule has 0 atom stereocenters. The van der Waals surface area contributed by atoms with E-state index in [9.17, 15) is 12.8 Å². The number of nitrogens with zero attached hydrogens (tertiary/aromatic N) is 1. The molecule has 4 aromatic rings. The van der Waals surface area contributed by atoms with Crippen LogP contribution in [0.3, 0.4) is 0 Å². The molecule has 0 amide bonds. The smallest absolute Gasteiger partial charge is 0.264 e. The molecule has 158 valence electrons. The van der Waals surface area contributed by atoms with Crippen LogP contribution in [0.1, 0.15) is 5.89 Å². The minimum Gasteiger partial charge on any atom is -0.484 e. The van der Waals surface area contributed by atoms with Gasteiger partial charge in [-0.15, -0.1) is 0 Å². The first kappa shape index (κ1) is 20.9. The molecule has 0 fully saturated rings. The molecule has 0 aliphatic carbocycles. The average Bonchev–Trinajstić information content (AvgIpc) is 3.15. The van der Waals surface area contributed by atoms with Crippen LogP contribution in [0.15, 0.2) is 88.2 Å². The van der Waals surface area contributed by atoms with Gasteiger partial charge in [0, 0.05) is 10.6 Å². The summed E-state index contributed by atoms with van der Waals surface area (Å²) < 4.78 is 52.6. The Bertz CT molecular complexity index is 1290. The summed E-state index contributed by atoms with van der Waals surface area (Å²) in [6, 6.07) is 20.1. The van der Waals surface area contributed by atoms with Crippen LogP contribution in [-0.2, 0) is 16.6 Å². The second kappa shape index (κ2) is 8.79. The summed E-state index contributed by atoms with van der Waals surface area (Å²) in [5.41, 5.74) is 0.689. The first-order valence-electron chi connectivity index (χ1n) is 9.12. The van der Waals surface area contributed by atoms with Crippen molar-refractivity contribution in [3.8, 4) is 17.0 Å². The fourth-order valence-electron chi connectivity index (χ4n) is 2.78. The average molecular weight is 459 g/mol. The van der Waals surface area contributed by atoms with Crippen molar-refractivity contribution in [3.63, 3.8) is 0 Å². The van der Waals surface area contributed by atoms with Gasteiger partial charge in [-0.25, -0.2) is 22.5 Å². The Balaban J connectivity index is 1.66. The summed E-state index contributed by atoms with van der Waals surface area (Å²) in [4.78, 5) is 4.41. The van der Waals surface area contributed by atoms with Crippen molar-refractivity contribution in [3.05, 3.63) is 95.6 Å². The number of rotatable bonds is 7. The molecular formula is C22H16ClFN2O4S. The van der Waals surface area contributed by atoms with Crippen molar-refractivity contribution in [1.29, 1.82) is 0 Å². The van der Waals surface area contributed by atoms with E-state index in [1.165, 1.54) is 36.4 Å². The van der Waals surface area contributed by atoms with Gasteiger partial charge in [0.05, 0.1) is 4.90 Å². The highest BCUT2D eigenvalue weighted by Crippen LogP contribution is 2.31. The minimum atomic E-state index is -3.93. The maximum absolute atomic E-state index is 13.4. The van der Waals surface area contributed by atoms with E-state index in [0.29, 0.717) is 16.3 Å². The molecule has 0 aliphatic heterocycles. The largest absolute Gasteiger partial charge is 0.484 e. The fourth-order valence-corrected chi connectivity index (χ4v) is 3.98. The van der Waals surface area contributed by atoms with Crippen LogP contribution in [0.25, 0.3) is 11.3 Å². The number of ether oxygens (including phenoxy) is 1. The Kier molecular flexibility index (Phi) is 5.92. The molecule has 31 heavy (non-hydrogen) atoms. The number of nitrogens with one attached hydrogen (secondary N) is 1. The van der Waals surface area contributed by atoms with Gasteiger partial charge in [-0.1, -0.05) is 35.9 Å². The van der Waals surface area contributed by atoms with Crippen molar-refractivity contribution in [2.45, 2.75) is 11.5 Å². The lowest BCUT2D eigenvalue weighted by Gasteiger charge is -2.07. The molecule has 1 N–H and O–H groups in total. The van der Waals surface area contributed by atoms with Gasteiger partial charge in [-0.3, -0.25) is 0 Å². The number of aromatic nitrogens is 1. The Morgan fingerprint density at radius 1 is 1.00 bits per heavy atom. The number of benzene rings is 3. The van der Waals surface area contributed by atoms with E-state index >= 15 is 0 Å². The number of hydrogen-bond donors (Lipinski definition) is 1. The first-order chi connectivity index (χ1) is 14.9. The summed E-state index contributed by atoms with van der Waals surface area (Å²) in [6.07, 6.45) is 0. The predicted octanol–water partition coefficient (Wildman–Crippen LogP) is 5.51. The highest BCUT2D eigenvalue weighted by atomic mass is 35.5. The second-order valence-corrected chi connectivity index (χ2v) is 8.58. The second-order valence-electron chi connectivity index (χ2n) is 6.46. The Morgan fingerprint density at radius 3 is 2.45 bits per heavy atom. The number of halogens is 2. The summed E-state index contributed by atoms with van der Waals surface area (Å²) >= 11 is 5.95. The Hall–Kier alpha value is -3.36. The third-order valence-electron chi connectivity index (χ3n) is 4.23. The zero-order valence-electron chi connectivity index (χ0n) is 16.0. The SMILES string of the molecule is O=S(=O)(Nc1oc(COc2cccc(Cl)c2)nc1-c1ccc(F)cc1)c1ccccc1. The highest BCUT2D eigenvalue weighted by Gasteiger charge is 2.22. The van der Waals surface area contributed by atoms with Crippen LogP contribution < -0.4 is 9.46 Å². The molecular weight excluding hydrogens is 443 g/mol. The Morgan fingerprint density at radius 2 is 1.74 bits per heavy atom. The molecule has 0 radical (unpaired) electrons. The van der Waals surface area contributed by atoms with Gasteiger partial charge < -0.3 is 9.15 Å². The van der Waals surface area contributed by atoms with Crippen molar-refractivity contribution < 1.29 is 22.0 Å². The number of hydrogen-bond acceptors (Lipinski definition) is 5. The molecule has 9 heteroatoms. The fraction of sp³-hybridized carbons (Fsp3) is 0.0455.